The van der Waals surface area contributed by atoms with Crippen LogP contribution in [0, 0.1) is 6.92 Å². The Kier molecular flexibility index (Phi) is 9.24. The van der Waals surface area contributed by atoms with Gasteiger partial charge >= 0.3 is 5.91 Å². The van der Waals surface area contributed by atoms with E-state index < -0.39 is 17.7 Å². The van der Waals surface area contributed by atoms with E-state index in [0.717, 1.165) is 12.0 Å². The van der Waals surface area contributed by atoms with Gasteiger partial charge in [0.2, 0.25) is 5.13 Å². The lowest BCUT2D eigenvalue weighted by atomic mass is 9.95. The molecule has 1 fully saturated rings. The van der Waals surface area contributed by atoms with Crippen LogP contribution in [0.5, 0.6) is 11.5 Å². The first kappa shape index (κ1) is 29.3. The number of rotatable bonds is 11. The molecular formula is C32H31N3O5S2. The maximum atomic E-state index is 13.6. The lowest BCUT2D eigenvalue weighted by Crippen LogP contribution is -2.29. The van der Waals surface area contributed by atoms with Crippen LogP contribution in [0.2, 0.25) is 0 Å². The van der Waals surface area contributed by atoms with Crippen molar-refractivity contribution in [2.75, 3.05) is 18.1 Å². The molecule has 1 aliphatic heterocycles. The molecule has 3 aromatic carbocycles. The quantitative estimate of drug-likeness (QED) is 0.0648. The van der Waals surface area contributed by atoms with Crippen LogP contribution in [0.4, 0.5) is 5.13 Å². The Hall–Kier alpha value is -4.15. The molecule has 1 N–H and O–H groups in total. The number of ether oxygens (including phenoxy) is 2. The summed E-state index contributed by atoms with van der Waals surface area (Å²) >= 11 is 2.74. The second kappa shape index (κ2) is 13.2. The Morgan fingerprint density at radius 3 is 2.45 bits per heavy atom. The van der Waals surface area contributed by atoms with Crippen molar-refractivity contribution in [2.45, 2.75) is 43.3 Å². The van der Waals surface area contributed by atoms with E-state index in [4.69, 9.17) is 9.47 Å². The maximum Gasteiger partial charge on any atom is 0.301 e. The Morgan fingerprint density at radius 2 is 1.74 bits per heavy atom. The number of aromatic nitrogens is 2. The van der Waals surface area contributed by atoms with Crippen LogP contribution < -0.4 is 14.4 Å². The van der Waals surface area contributed by atoms with E-state index in [0.29, 0.717) is 45.9 Å². The van der Waals surface area contributed by atoms with Crippen LogP contribution in [0.1, 0.15) is 48.6 Å². The summed E-state index contributed by atoms with van der Waals surface area (Å²) in [5, 5.41) is 20.3. The van der Waals surface area contributed by atoms with Gasteiger partial charge in [-0.15, -0.1) is 10.2 Å². The minimum absolute atomic E-state index is 0.0270. The topological polar surface area (TPSA) is 102 Å². The summed E-state index contributed by atoms with van der Waals surface area (Å²) in [6.07, 6.45) is 0.828. The molecule has 0 bridgehead atoms. The summed E-state index contributed by atoms with van der Waals surface area (Å²) in [6.45, 7) is 6.96. The van der Waals surface area contributed by atoms with E-state index in [1.54, 1.807) is 36.4 Å². The fourth-order valence-corrected chi connectivity index (χ4v) is 6.38. The average molecular weight is 602 g/mol. The minimum atomic E-state index is -0.926. The molecule has 8 nitrogen and oxygen atoms in total. The summed E-state index contributed by atoms with van der Waals surface area (Å²) in [5.41, 5.74) is 3.31. The molecule has 2 heterocycles. The van der Waals surface area contributed by atoms with Crippen LogP contribution in [0.25, 0.3) is 5.76 Å². The van der Waals surface area contributed by atoms with Gasteiger partial charge in [0.25, 0.3) is 5.78 Å². The van der Waals surface area contributed by atoms with E-state index in [2.05, 4.69) is 34.5 Å². The lowest BCUT2D eigenvalue weighted by Gasteiger charge is -2.23. The van der Waals surface area contributed by atoms with Crippen molar-refractivity contribution >= 4 is 45.7 Å². The molecule has 0 saturated carbocycles. The molecule has 5 rings (SSSR count). The third kappa shape index (κ3) is 6.34. The number of amides is 1. The van der Waals surface area contributed by atoms with Crippen molar-refractivity contribution < 1.29 is 24.2 Å². The number of carbonyl (C=O) groups excluding carboxylic acids is 2. The normalized spacial score (nSPS) is 16.2. The van der Waals surface area contributed by atoms with Gasteiger partial charge in [0.15, 0.2) is 4.34 Å². The molecular weight excluding hydrogens is 571 g/mol. The predicted octanol–water partition coefficient (Wildman–Crippen LogP) is 6.95. The van der Waals surface area contributed by atoms with Gasteiger partial charge in [-0.05, 0) is 67.8 Å². The average Bonchev–Trinajstić information content (AvgIpc) is 3.58. The fourth-order valence-electron chi connectivity index (χ4n) is 4.56. The Bertz CT molecular complexity index is 1600. The van der Waals surface area contributed by atoms with Crippen LogP contribution in [-0.2, 0) is 15.3 Å². The number of aliphatic hydroxyl groups is 1. The first-order valence-electron chi connectivity index (χ1n) is 13.7. The number of carbonyl (C=O) groups is 2. The fraction of sp³-hybridized carbons (Fsp3) is 0.250. The standard InChI is InChI=1S/C32H31N3O5S2/c1-4-17-40-25-8-6-7-23(18-25)27-26(28(36)22-13-15-24(16-14-22)39-5-2)29(37)30(38)35(27)31-33-34-32(42-31)41-19-21-11-9-20(3)10-12-21/h6-16,18,27,36H,4-5,17,19H2,1-3H3. The number of ketones is 1. The zero-order valence-electron chi connectivity index (χ0n) is 23.6. The van der Waals surface area contributed by atoms with Crippen LogP contribution in [-0.4, -0.2) is 40.2 Å². The summed E-state index contributed by atoms with van der Waals surface area (Å²) in [6, 6.07) is 21.3. The Morgan fingerprint density at radius 1 is 0.976 bits per heavy atom. The van der Waals surface area contributed by atoms with E-state index in [9.17, 15) is 14.7 Å². The molecule has 0 radical (unpaired) electrons. The van der Waals surface area contributed by atoms with Crippen LogP contribution in [0.15, 0.2) is 82.7 Å². The molecule has 1 aliphatic rings. The van der Waals surface area contributed by atoms with Crippen LogP contribution in [0.3, 0.4) is 0 Å². The molecule has 4 aromatic rings. The Labute approximate surface area is 253 Å². The van der Waals surface area contributed by atoms with E-state index in [1.807, 2.05) is 32.9 Å². The summed E-state index contributed by atoms with van der Waals surface area (Å²) in [7, 11) is 0. The SMILES string of the molecule is CCCOc1cccc(C2C(=C(O)c3ccc(OCC)cc3)C(=O)C(=O)N2c2nnc(SCc3ccc(C)cc3)s2)c1. The van der Waals surface area contributed by atoms with Gasteiger partial charge in [0.1, 0.15) is 17.3 Å². The first-order valence-corrected chi connectivity index (χ1v) is 15.5. The molecule has 42 heavy (non-hydrogen) atoms. The first-order chi connectivity index (χ1) is 20.4. The molecule has 1 atom stereocenters. The molecule has 0 aliphatic carbocycles. The highest BCUT2D eigenvalue weighted by Crippen LogP contribution is 2.44. The lowest BCUT2D eigenvalue weighted by molar-refractivity contribution is -0.132. The van der Waals surface area contributed by atoms with Crippen molar-refractivity contribution in [3.05, 3.63) is 101 Å². The smallest absolute Gasteiger partial charge is 0.301 e. The van der Waals surface area contributed by atoms with Crippen molar-refractivity contribution in [3.63, 3.8) is 0 Å². The van der Waals surface area contributed by atoms with Crippen molar-refractivity contribution in [3.8, 4) is 11.5 Å². The number of Topliss-reactive ketones (excluding diaryl/α,β-unsaturated/α-hetero) is 1. The highest BCUT2D eigenvalue weighted by molar-refractivity contribution is 8.00. The minimum Gasteiger partial charge on any atom is -0.507 e. The van der Waals surface area contributed by atoms with Crippen molar-refractivity contribution in [1.29, 1.82) is 0 Å². The second-order valence-corrected chi connectivity index (χ2v) is 11.9. The molecule has 1 aromatic heterocycles. The van der Waals surface area contributed by atoms with E-state index in [1.165, 1.54) is 33.6 Å². The predicted molar refractivity (Wildman–Crippen MR) is 165 cm³/mol. The molecule has 0 spiro atoms. The van der Waals surface area contributed by atoms with Crippen molar-refractivity contribution in [1.82, 2.24) is 10.2 Å². The number of aryl methyl sites for hydroxylation is 1. The number of thioether (sulfide) groups is 1. The van der Waals surface area contributed by atoms with Gasteiger partial charge in [-0.2, -0.15) is 0 Å². The summed E-state index contributed by atoms with van der Waals surface area (Å²) in [4.78, 5) is 28.4. The van der Waals surface area contributed by atoms with Gasteiger partial charge in [-0.1, -0.05) is 72.0 Å². The van der Waals surface area contributed by atoms with E-state index in [-0.39, 0.29) is 16.5 Å². The van der Waals surface area contributed by atoms with Gasteiger partial charge in [0, 0.05) is 11.3 Å². The largest absolute Gasteiger partial charge is 0.507 e. The summed E-state index contributed by atoms with van der Waals surface area (Å²) < 4.78 is 12.0. The second-order valence-electron chi connectivity index (χ2n) is 9.67. The van der Waals surface area contributed by atoms with Crippen molar-refractivity contribution in [2.24, 2.45) is 0 Å². The third-order valence-electron chi connectivity index (χ3n) is 6.61. The molecule has 1 saturated heterocycles. The highest BCUT2D eigenvalue weighted by Gasteiger charge is 2.48. The highest BCUT2D eigenvalue weighted by atomic mass is 32.2. The monoisotopic (exact) mass is 601 g/mol. The third-order valence-corrected chi connectivity index (χ3v) is 8.74. The molecule has 216 valence electrons. The molecule has 10 heteroatoms. The Balaban J connectivity index is 1.53. The number of benzene rings is 3. The number of nitrogens with zero attached hydrogens (tertiary/aromatic N) is 3. The zero-order chi connectivity index (χ0) is 29.6. The van der Waals surface area contributed by atoms with Gasteiger partial charge in [-0.3, -0.25) is 14.5 Å². The van der Waals surface area contributed by atoms with Gasteiger partial charge in [-0.25, -0.2) is 0 Å². The molecule has 1 amide bonds. The summed E-state index contributed by atoms with van der Waals surface area (Å²) in [5.74, 6) is 0.0753. The van der Waals surface area contributed by atoms with Gasteiger partial charge < -0.3 is 14.6 Å². The van der Waals surface area contributed by atoms with E-state index >= 15 is 0 Å². The maximum absolute atomic E-state index is 13.6. The number of hydrogen-bond acceptors (Lipinski definition) is 9. The number of hydrogen-bond donors (Lipinski definition) is 1. The zero-order valence-corrected chi connectivity index (χ0v) is 25.2. The van der Waals surface area contributed by atoms with Gasteiger partial charge in [0.05, 0.1) is 24.8 Å². The number of aliphatic hydroxyl groups excluding tert-OH is 1. The molecule has 1 unspecified atom stereocenters. The van der Waals surface area contributed by atoms with Crippen LogP contribution >= 0.6 is 23.1 Å². The number of anilines is 1.